The second-order valence-corrected chi connectivity index (χ2v) is 7.17. The lowest BCUT2D eigenvalue weighted by Crippen LogP contribution is -2.31. The van der Waals surface area contributed by atoms with Crippen molar-refractivity contribution in [1.29, 1.82) is 0 Å². The Labute approximate surface area is 105 Å². The van der Waals surface area contributed by atoms with Gasteiger partial charge in [-0.25, -0.2) is 13.1 Å². The molecule has 0 aromatic carbocycles. The fourth-order valence-electron chi connectivity index (χ4n) is 1.07. The minimum Gasteiger partial charge on any atom is -0.383 e. The molecule has 0 aliphatic carbocycles. The van der Waals surface area contributed by atoms with Crippen LogP contribution in [0.2, 0.25) is 0 Å². The van der Waals surface area contributed by atoms with E-state index in [0.717, 1.165) is 4.88 Å². The van der Waals surface area contributed by atoms with Crippen LogP contribution in [-0.4, -0.2) is 34.1 Å². The van der Waals surface area contributed by atoms with Crippen molar-refractivity contribution in [2.24, 2.45) is 0 Å². The van der Waals surface area contributed by atoms with E-state index in [4.69, 9.17) is 16.3 Å². The van der Waals surface area contributed by atoms with E-state index in [0.29, 0.717) is 10.8 Å². The van der Waals surface area contributed by atoms with Gasteiger partial charge in [0.2, 0.25) is 10.0 Å². The summed E-state index contributed by atoms with van der Waals surface area (Å²) in [6.45, 7) is 2.33. The predicted molar refractivity (Wildman–Crippen MR) is 65.8 cm³/mol. The third-order valence-electron chi connectivity index (χ3n) is 1.82. The molecule has 1 N–H and O–H groups in total. The molecule has 1 aromatic heterocycles. The predicted octanol–water partition coefficient (Wildman–Crippen LogP) is 1.59. The van der Waals surface area contributed by atoms with Crippen molar-refractivity contribution in [2.75, 3.05) is 20.3 Å². The number of nitrogens with one attached hydrogen (secondary N) is 1. The van der Waals surface area contributed by atoms with Crippen molar-refractivity contribution in [3.05, 3.63) is 17.0 Å². The Kier molecular flexibility index (Phi) is 5.20. The molecule has 4 nitrogen and oxygen atoms in total. The van der Waals surface area contributed by atoms with Gasteiger partial charge in [0.15, 0.2) is 0 Å². The molecule has 0 saturated carbocycles. The fraction of sp³-hybridized carbons (Fsp3) is 0.556. The van der Waals surface area contributed by atoms with Gasteiger partial charge >= 0.3 is 0 Å². The number of alkyl halides is 1. The average molecular weight is 284 g/mol. The topological polar surface area (TPSA) is 55.4 Å². The smallest absolute Gasteiger partial charge is 0.250 e. The molecule has 92 valence electrons. The third-order valence-corrected chi connectivity index (χ3v) is 5.02. The fourth-order valence-corrected chi connectivity index (χ4v) is 3.77. The van der Waals surface area contributed by atoms with Crippen LogP contribution in [0.15, 0.2) is 16.3 Å². The molecule has 1 heterocycles. The van der Waals surface area contributed by atoms with Gasteiger partial charge in [0.25, 0.3) is 0 Å². The number of methoxy groups -OCH3 is 1. The Hall–Kier alpha value is -0.140. The maximum atomic E-state index is 11.8. The molecular formula is C9H14ClNO3S2. The molecule has 1 atom stereocenters. The highest BCUT2D eigenvalue weighted by Crippen LogP contribution is 2.20. The van der Waals surface area contributed by atoms with Gasteiger partial charge in [0, 0.05) is 18.5 Å². The molecule has 0 radical (unpaired) electrons. The standard InChI is InChI=1S/C9H14ClNO3S2/c1-7-3-4-9(15-7)16(12,13)11-5-8(10)6-14-2/h3-4,8,11H,5-6H2,1-2H3. The minimum absolute atomic E-state index is 0.161. The summed E-state index contributed by atoms with van der Waals surface area (Å²) < 4.78 is 31.1. The van der Waals surface area contributed by atoms with E-state index in [2.05, 4.69) is 4.72 Å². The number of sulfonamides is 1. The van der Waals surface area contributed by atoms with Gasteiger partial charge in [0.05, 0.1) is 12.0 Å². The Balaban J connectivity index is 2.59. The van der Waals surface area contributed by atoms with Crippen molar-refractivity contribution in [1.82, 2.24) is 4.72 Å². The Morgan fingerprint density at radius 1 is 1.56 bits per heavy atom. The van der Waals surface area contributed by atoms with Crippen LogP contribution in [0.1, 0.15) is 4.88 Å². The second-order valence-electron chi connectivity index (χ2n) is 3.27. The van der Waals surface area contributed by atoms with Crippen molar-refractivity contribution >= 4 is 33.0 Å². The number of aryl methyl sites for hydroxylation is 1. The van der Waals surface area contributed by atoms with Gasteiger partial charge in [0.1, 0.15) is 4.21 Å². The summed E-state index contributed by atoms with van der Waals surface area (Å²) in [7, 11) is -1.90. The molecule has 0 aliphatic heterocycles. The molecule has 0 amide bonds. The summed E-state index contributed by atoms with van der Waals surface area (Å²) in [4.78, 5) is 0.958. The van der Waals surface area contributed by atoms with Crippen LogP contribution in [0.25, 0.3) is 0 Å². The molecule has 1 unspecified atom stereocenters. The molecule has 1 rings (SSSR count). The lowest BCUT2D eigenvalue weighted by atomic mass is 10.5. The van der Waals surface area contributed by atoms with Crippen molar-refractivity contribution in [3.63, 3.8) is 0 Å². The first-order valence-corrected chi connectivity index (χ1v) is 7.38. The number of rotatable bonds is 6. The van der Waals surface area contributed by atoms with Crippen LogP contribution in [0, 0.1) is 6.92 Å². The first kappa shape index (κ1) is 13.9. The number of halogens is 1. The quantitative estimate of drug-likeness (QED) is 0.807. The van der Waals surface area contributed by atoms with Crippen LogP contribution < -0.4 is 4.72 Å². The summed E-state index contributed by atoms with van der Waals surface area (Å²) in [6, 6.07) is 3.36. The first-order valence-electron chi connectivity index (χ1n) is 4.65. The van der Waals surface area contributed by atoms with E-state index in [1.165, 1.54) is 18.4 Å². The Morgan fingerprint density at radius 3 is 2.75 bits per heavy atom. The van der Waals surface area contributed by atoms with Crippen molar-refractivity contribution in [3.8, 4) is 0 Å². The van der Waals surface area contributed by atoms with E-state index in [-0.39, 0.29) is 11.9 Å². The zero-order valence-corrected chi connectivity index (χ0v) is 11.5. The number of hydrogen-bond donors (Lipinski definition) is 1. The van der Waals surface area contributed by atoms with Gasteiger partial charge in [-0.1, -0.05) is 0 Å². The lowest BCUT2D eigenvalue weighted by molar-refractivity contribution is 0.198. The van der Waals surface area contributed by atoms with Crippen molar-refractivity contribution < 1.29 is 13.2 Å². The Bertz CT molecular complexity index is 430. The summed E-state index contributed by atoms with van der Waals surface area (Å²) in [5.74, 6) is 0. The zero-order chi connectivity index (χ0) is 12.2. The van der Waals surface area contributed by atoms with Gasteiger partial charge in [-0.15, -0.1) is 22.9 Å². The molecule has 16 heavy (non-hydrogen) atoms. The molecule has 0 aliphatic rings. The maximum absolute atomic E-state index is 11.8. The van der Waals surface area contributed by atoms with E-state index < -0.39 is 10.0 Å². The van der Waals surface area contributed by atoms with Crippen LogP contribution >= 0.6 is 22.9 Å². The Morgan fingerprint density at radius 2 is 2.25 bits per heavy atom. The number of thiophene rings is 1. The zero-order valence-electron chi connectivity index (χ0n) is 9.07. The summed E-state index contributed by atoms with van der Waals surface area (Å²) in [5, 5.41) is -0.360. The second kappa shape index (κ2) is 5.97. The first-order chi connectivity index (χ1) is 7.45. The van der Waals surface area contributed by atoms with Gasteiger partial charge in [-0.05, 0) is 19.1 Å². The molecule has 7 heteroatoms. The number of hydrogen-bond acceptors (Lipinski definition) is 4. The van der Waals surface area contributed by atoms with Crippen LogP contribution in [0.4, 0.5) is 0 Å². The molecule has 0 spiro atoms. The molecule has 0 fully saturated rings. The molecular weight excluding hydrogens is 270 g/mol. The largest absolute Gasteiger partial charge is 0.383 e. The minimum atomic E-state index is -3.42. The number of ether oxygens (including phenoxy) is 1. The normalized spacial score (nSPS) is 13.9. The average Bonchev–Trinajstić information content (AvgIpc) is 2.63. The van der Waals surface area contributed by atoms with E-state index in [1.54, 1.807) is 12.1 Å². The highest BCUT2D eigenvalue weighted by molar-refractivity contribution is 7.91. The third kappa shape index (κ3) is 4.03. The van der Waals surface area contributed by atoms with Crippen molar-refractivity contribution in [2.45, 2.75) is 16.5 Å². The van der Waals surface area contributed by atoms with Gasteiger partial charge < -0.3 is 4.74 Å². The SMILES string of the molecule is COCC(Cl)CNS(=O)(=O)c1ccc(C)s1. The lowest BCUT2D eigenvalue weighted by Gasteiger charge is -2.09. The maximum Gasteiger partial charge on any atom is 0.250 e. The molecule has 0 bridgehead atoms. The van der Waals surface area contributed by atoms with E-state index in [9.17, 15) is 8.42 Å². The monoisotopic (exact) mass is 283 g/mol. The van der Waals surface area contributed by atoms with Gasteiger partial charge in [-0.2, -0.15) is 0 Å². The summed E-state index contributed by atoms with van der Waals surface area (Å²) in [6.07, 6.45) is 0. The highest BCUT2D eigenvalue weighted by Gasteiger charge is 2.17. The van der Waals surface area contributed by atoms with Gasteiger partial charge in [-0.3, -0.25) is 0 Å². The van der Waals surface area contributed by atoms with E-state index >= 15 is 0 Å². The summed E-state index contributed by atoms with van der Waals surface area (Å²) >= 11 is 7.07. The summed E-state index contributed by atoms with van der Waals surface area (Å²) in [5.41, 5.74) is 0. The molecule has 1 aromatic rings. The van der Waals surface area contributed by atoms with Crippen LogP contribution in [0.3, 0.4) is 0 Å². The van der Waals surface area contributed by atoms with Crippen LogP contribution in [0.5, 0.6) is 0 Å². The van der Waals surface area contributed by atoms with Crippen LogP contribution in [-0.2, 0) is 14.8 Å². The highest BCUT2D eigenvalue weighted by atomic mass is 35.5. The molecule has 0 saturated heterocycles. The van der Waals surface area contributed by atoms with E-state index in [1.807, 2.05) is 6.92 Å².